The molecule has 0 aliphatic carbocycles. The van der Waals surface area contributed by atoms with Crippen molar-refractivity contribution < 1.29 is 0 Å². The average Bonchev–Trinajstić information content (AvgIpc) is 2.74. The van der Waals surface area contributed by atoms with Gasteiger partial charge in [0.15, 0.2) is 0 Å². The third kappa shape index (κ3) is 3.19. The van der Waals surface area contributed by atoms with E-state index in [1.807, 2.05) is 0 Å². The van der Waals surface area contributed by atoms with Gasteiger partial charge >= 0.3 is 0 Å². The van der Waals surface area contributed by atoms with Crippen LogP contribution in [-0.4, -0.2) is 0 Å². The number of hydrogen-bond acceptors (Lipinski definition) is 0. The molecule has 126 valence electrons. The predicted molar refractivity (Wildman–Crippen MR) is 112 cm³/mol. The molecule has 0 N–H and O–H groups in total. The summed E-state index contributed by atoms with van der Waals surface area (Å²) >= 11 is 0. The Hall–Kier alpha value is -3.12. The van der Waals surface area contributed by atoms with E-state index in [-0.39, 0.29) is 0 Å². The van der Waals surface area contributed by atoms with Gasteiger partial charge < -0.3 is 0 Å². The van der Waals surface area contributed by atoms with E-state index in [0.717, 1.165) is 6.42 Å². The van der Waals surface area contributed by atoms with E-state index in [9.17, 15) is 0 Å². The Labute approximate surface area is 155 Å². The van der Waals surface area contributed by atoms with Gasteiger partial charge in [-0.1, -0.05) is 110 Å². The van der Waals surface area contributed by atoms with Crippen molar-refractivity contribution in [2.24, 2.45) is 0 Å². The minimum atomic E-state index is 1.01. The van der Waals surface area contributed by atoms with E-state index in [2.05, 4.69) is 110 Å². The first-order valence-electron chi connectivity index (χ1n) is 9.20. The zero-order valence-corrected chi connectivity index (χ0v) is 15.0. The normalized spacial score (nSPS) is 10.7. The maximum atomic E-state index is 2.24. The molecule has 0 heterocycles. The van der Waals surface area contributed by atoms with Crippen molar-refractivity contribution in [1.29, 1.82) is 0 Å². The maximum absolute atomic E-state index is 2.24. The molecule has 0 radical (unpaired) electrons. The molecule has 0 nitrogen and oxygen atoms in total. The third-order valence-electron chi connectivity index (χ3n) is 4.92. The van der Waals surface area contributed by atoms with E-state index >= 15 is 0 Å². The quantitative estimate of drug-likeness (QED) is 0.369. The first kappa shape index (κ1) is 16.4. The van der Waals surface area contributed by atoms with Gasteiger partial charge in [-0.25, -0.2) is 0 Å². The lowest BCUT2D eigenvalue weighted by Crippen LogP contribution is -1.92. The fourth-order valence-corrected chi connectivity index (χ4v) is 3.60. The van der Waals surface area contributed by atoms with Crippen LogP contribution in [0.15, 0.2) is 103 Å². The molecule has 0 amide bonds. The van der Waals surface area contributed by atoms with Crippen LogP contribution in [-0.2, 0) is 6.42 Å². The molecule has 0 heteroatoms. The molecule has 0 unspecified atom stereocenters. The largest absolute Gasteiger partial charge is 0.0622 e. The highest BCUT2D eigenvalue weighted by atomic mass is 14.1. The average molecular weight is 334 g/mol. The van der Waals surface area contributed by atoms with Crippen molar-refractivity contribution in [3.05, 3.63) is 109 Å². The molecule has 0 aromatic heterocycles. The summed E-state index contributed by atoms with van der Waals surface area (Å²) in [5.74, 6) is 0. The lowest BCUT2D eigenvalue weighted by atomic mass is 9.90. The smallest absolute Gasteiger partial charge is 0.0146 e. The standard InChI is InChI=1S/C26H22/c1-2-24-25(22-12-7-4-8-13-22)14-9-15-26(24)23-18-16-21(17-19-23)20-10-5-3-6-11-20/h3-19H,2H2,1H3. The van der Waals surface area contributed by atoms with Crippen LogP contribution >= 0.6 is 0 Å². The van der Waals surface area contributed by atoms with Gasteiger partial charge in [-0.2, -0.15) is 0 Å². The minimum Gasteiger partial charge on any atom is -0.0622 e. The number of benzene rings is 4. The van der Waals surface area contributed by atoms with Gasteiger partial charge in [-0.3, -0.25) is 0 Å². The molecule has 0 aliphatic heterocycles. The summed E-state index contributed by atoms with van der Waals surface area (Å²) in [6.45, 7) is 2.24. The molecule has 0 atom stereocenters. The van der Waals surface area contributed by atoms with Gasteiger partial charge in [0.25, 0.3) is 0 Å². The van der Waals surface area contributed by atoms with Gasteiger partial charge in [0.2, 0.25) is 0 Å². The SMILES string of the molecule is CCc1c(-c2ccccc2)cccc1-c1ccc(-c2ccccc2)cc1. The van der Waals surface area contributed by atoms with E-state index in [4.69, 9.17) is 0 Å². The molecule has 0 bridgehead atoms. The topological polar surface area (TPSA) is 0 Å². The number of rotatable bonds is 4. The van der Waals surface area contributed by atoms with Crippen molar-refractivity contribution >= 4 is 0 Å². The molecular formula is C26H22. The van der Waals surface area contributed by atoms with Crippen LogP contribution in [0.2, 0.25) is 0 Å². The summed E-state index contributed by atoms with van der Waals surface area (Å²) in [5.41, 5.74) is 9.14. The second kappa shape index (κ2) is 7.41. The Morgan fingerprint density at radius 1 is 0.423 bits per heavy atom. The van der Waals surface area contributed by atoms with Crippen molar-refractivity contribution in [1.82, 2.24) is 0 Å². The second-order valence-electron chi connectivity index (χ2n) is 6.49. The summed E-state index contributed by atoms with van der Waals surface area (Å²) in [6.07, 6.45) is 1.01. The highest BCUT2D eigenvalue weighted by molar-refractivity contribution is 5.79. The van der Waals surface area contributed by atoms with Gasteiger partial charge in [-0.05, 0) is 45.4 Å². The monoisotopic (exact) mass is 334 g/mol. The number of hydrogen-bond donors (Lipinski definition) is 0. The zero-order valence-electron chi connectivity index (χ0n) is 15.0. The second-order valence-corrected chi connectivity index (χ2v) is 6.49. The van der Waals surface area contributed by atoms with Crippen molar-refractivity contribution in [3.63, 3.8) is 0 Å². The van der Waals surface area contributed by atoms with Gasteiger partial charge in [0.1, 0.15) is 0 Å². The minimum absolute atomic E-state index is 1.01. The molecule has 4 rings (SSSR count). The van der Waals surface area contributed by atoms with E-state index in [0.29, 0.717) is 0 Å². The Balaban J connectivity index is 1.76. The summed E-state index contributed by atoms with van der Waals surface area (Å²) in [6, 6.07) is 36.8. The Kier molecular flexibility index (Phi) is 4.66. The molecule has 4 aromatic rings. The molecule has 0 saturated carbocycles. The van der Waals surface area contributed by atoms with Crippen LogP contribution in [0.5, 0.6) is 0 Å². The van der Waals surface area contributed by atoms with Crippen molar-refractivity contribution in [2.75, 3.05) is 0 Å². The lowest BCUT2D eigenvalue weighted by molar-refractivity contribution is 1.14. The first-order valence-corrected chi connectivity index (χ1v) is 9.20. The fourth-order valence-electron chi connectivity index (χ4n) is 3.60. The highest BCUT2D eigenvalue weighted by Crippen LogP contribution is 2.33. The third-order valence-corrected chi connectivity index (χ3v) is 4.92. The van der Waals surface area contributed by atoms with E-state index < -0.39 is 0 Å². The summed E-state index contributed by atoms with van der Waals surface area (Å²) in [4.78, 5) is 0. The van der Waals surface area contributed by atoms with Crippen LogP contribution in [0.3, 0.4) is 0 Å². The van der Waals surface area contributed by atoms with Gasteiger partial charge in [0.05, 0.1) is 0 Å². The van der Waals surface area contributed by atoms with Crippen LogP contribution in [0.25, 0.3) is 33.4 Å². The van der Waals surface area contributed by atoms with Crippen molar-refractivity contribution in [3.8, 4) is 33.4 Å². The molecule has 0 aliphatic rings. The predicted octanol–water partition coefficient (Wildman–Crippen LogP) is 7.25. The van der Waals surface area contributed by atoms with Crippen LogP contribution in [0.4, 0.5) is 0 Å². The molecule has 0 fully saturated rings. The Bertz CT molecular complexity index is 981. The molecule has 0 spiro atoms. The molecule has 0 saturated heterocycles. The molecular weight excluding hydrogens is 312 g/mol. The van der Waals surface area contributed by atoms with Crippen LogP contribution in [0, 0.1) is 0 Å². The van der Waals surface area contributed by atoms with Crippen LogP contribution in [0.1, 0.15) is 12.5 Å². The summed E-state index contributed by atoms with van der Waals surface area (Å²) in [7, 11) is 0. The summed E-state index contributed by atoms with van der Waals surface area (Å²) in [5, 5.41) is 0. The molecule has 26 heavy (non-hydrogen) atoms. The maximum Gasteiger partial charge on any atom is -0.0146 e. The van der Waals surface area contributed by atoms with Gasteiger partial charge in [0, 0.05) is 0 Å². The lowest BCUT2D eigenvalue weighted by Gasteiger charge is -2.15. The summed E-state index contributed by atoms with van der Waals surface area (Å²) < 4.78 is 0. The first-order chi connectivity index (χ1) is 12.9. The van der Waals surface area contributed by atoms with E-state index in [1.54, 1.807) is 0 Å². The fraction of sp³-hybridized carbons (Fsp3) is 0.0769. The highest BCUT2D eigenvalue weighted by Gasteiger charge is 2.10. The van der Waals surface area contributed by atoms with E-state index in [1.165, 1.54) is 38.9 Å². The Morgan fingerprint density at radius 2 is 0.846 bits per heavy atom. The zero-order chi connectivity index (χ0) is 17.8. The Morgan fingerprint density at radius 3 is 1.38 bits per heavy atom. The van der Waals surface area contributed by atoms with Gasteiger partial charge in [-0.15, -0.1) is 0 Å². The van der Waals surface area contributed by atoms with Crippen LogP contribution < -0.4 is 0 Å². The molecule has 4 aromatic carbocycles. The van der Waals surface area contributed by atoms with Crippen molar-refractivity contribution in [2.45, 2.75) is 13.3 Å².